The molecule has 6 heteroatoms. The summed E-state index contributed by atoms with van der Waals surface area (Å²) in [5.41, 5.74) is 3.34. The van der Waals surface area contributed by atoms with Gasteiger partial charge in [0.15, 0.2) is 11.7 Å². The number of carbonyl (C=O) groups excluding carboxylic acids is 1. The molecular weight excluding hydrogens is 434 g/mol. The van der Waals surface area contributed by atoms with E-state index >= 15 is 0 Å². The van der Waals surface area contributed by atoms with Gasteiger partial charge in [0.1, 0.15) is 5.69 Å². The molecule has 0 radical (unpaired) electrons. The minimum Gasteiger partial charge on any atom is -0.355 e. The summed E-state index contributed by atoms with van der Waals surface area (Å²) < 4.78 is 0. The maximum atomic E-state index is 13.0. The molecule has 4 rings (SSSR count). The molecule has 35 heavy (non-hydrogen) atoms. The Bertz CT molecular complexity index is 1150. The summed E-state index contributed by atoms with van der Waals surface area (Å²) in [6, 6.07) is 20.5. The number of fused-ring (bicyclic) bond motifs is 1. The van der Waals surface area contributed by atoms with Gasteiger partial charge in [-0.05, 0) is 49.3 Å². The summed E-state index contributed by atoms with van der Waals surface area (Å²) in [6.45, 7) is 4.43. The van der Waals surface area contributed by atoms with E-state index in [0.29, 0.717) is 29.5 Å². The number of hydrogen-bond donors (Lipinski definition) is 1. The Morgan fingerprint density at radius 2 is 1.71 bits per heavy atom. The van der Waals surface area contributed by atoms with Crippen molar-refractivity contribution in [2.24, 2.45) is 5.92 Å². The van der Waals surface area contributed by atoms with Crippen LogP contribution in [0.4, 0.5) is 5.82 Å². The number of amides is 1. The second-order valence-electron chi connectivity index (χ2n) is 9.46. The molecule has 3 aromatic rings. The van der Waals surface area contributed by atoms with Crippen LogP contribution in [0.25, 0.3) is 11.0 Å². The first kappa shape index (κ1) is 24.7. The first-order chi connectivity index (χ1) is 17.2. The highest BCUT2D eigenvalue weighted by molar-refractivity contribution is 5.88. The predicted molar refractivity (Wildman–Crippen MR) is 140 cm³/mol. The number of carbonyl (C=O) groups is 1. The summed E-state index contributed by atoms with van der Waals surface area (Å²) in [5, 5.41) is 13.0. The van der Waals surface area contributed by atoms with Crippen LogP contribution < -0.4 is 10.2 Å². The molecular formula is C29H35N5O. The van der Waals surface area contributed by atoms with E-state index in [2.05, 4.69) is 53.5 Å². The van der Waals surface area contributed by atoms with Gasteiger partial charge in [-0.2, -0.15) is 5.26 Å². The zero-order valence-corrected chi connectivity index (χ0v) is 20.6. The molecule has 0 aliphatic carbocycles. The van der Waals surface area contributed by atoms with E-state index in [1.807, 2.05) is 24.3 Å². The van der Waals surface area contributed by atoms with Crippen LogP contribution in [0.2, 0.25) is 0 Å². The maximum Gasteiger partial charge on any atom is 0.243 e. The zero-order valence-electron chi connectivity index (χ0n) is 20.6. The second-order valence-corrected chi connectivity index (χ2v) is 9.46. The summed E-state index contributed by atoms with van der Waals surface area (Å²) in [5.74, 6) is 0.0300. The number of piperidine rings is 1. The fourth-order valence-corrected chi connectivity index (χ4v) is 4.84. The van der Waals surface area contributed by atoms with E-state index in [-0.39, 0.29) is 5.91 Å². The van der Waals surface area contributed by atoms with Crippen molar-refractivity contribution in [2.45, 2.75) is 57.8 Å². The van der Waals surface area contributed by atoms with E-state index in [4.69, 9.17) is 9.97 Å². The third kappa shape index (κ3) is 6.36. The number of nitriles is 1. The lowest BCUT2D eigenvalue weighted by atomic mass is 9.90. The highest BCUT2D eigenvalue weighted by Gasteiger charge is 2.30. The SMILES string of the molecule is CCCCCCNC(=O)[C@@H](C#N)c1nc2ccccc2nc1N1CCC(Cc2ccccc2)CC1. The van der Waals surface area contributed by atoms with Crippen molar-refractivity contribution in [1.29, 1.82) is 5.26 Å². The molecule has 1 fully saturated rings. The molecule has 0 spiro atoms. The highest BCUT2D eigenvalue weighted by Crippen LogP contribution is 2.31. The summed E-state index contributed by atoms with van der Waals surface area (Å²) in [4.78, 5) is 24.9. The number of benzene rings is 2. The van der Waals surface area contributed by atoms with Crippen LogP contribution >= 0.6 is 0 Å². The van der Waals surface area contributed by atoms with Gasteiger partial charge in [0.2, 0.25) is 5.91 Å². The first-order valence-electron chi connectivity index (χ1n) is 12.9. The van der Waals surface area contributed by atoms with Gasteiger partial charge in [0, 0.05) is 19.6 Å². The number of hydrogen-bond acceptors (Lipinski definition) is 5. The monoisotopic (exact) mass is 469 g/mol. The lowest BCUT2D eigenvalue weighted by Crippen LogP contribution is -2.37. The van der Waals surface area contributed by atoms with Crippen LogP contribution in [0, 0.1) is 17.2 Å². The van der Waals surface area contributed by atoms with Gasteiger partial charge in [-0.25, -0.2) is 9.97 Å². The molecule has 1 N–H and O–H groups in total. The van der Waals surface area contributed by atoms with Gasteiger partial charge in [-0.1, -0.05) is 68.7 Å². The lowest BCUT2D eigenvalue weighted by Gasteiger charge is -2.34. The molecule has 1 aromatic heterocycles. The number of nitrogens with one attached hydrogen (secondary N) is 1. The molecule has 1 atom stereocenters. The Labute approximate surface area is 208 Å². The Morgan fingerprint density at radius 1 is 1.03 bits per heavy atom. The van der Waals surface area contributed by atoms with Gasteiger partial charge in [-0.15, -0.1) is 0 Å². The van der Waals surface area contributed by atoms with Crippen molar-refractivity contribution < 1.29 is 4.79 Å². The third-order valence-corrected chi connectivity index (χ3v) is 6.85. The molecule has 0 unspecified atom stereocenters. The molecule has 0 saturated carbocycles. The fraction of sp³-hybridized carbons (Fsp3) is 0.448. The van der Waals surface area contributed by atoms with Crippen molar-refractivity contribution in [2.75, 3.05) is 24.5 Å². The summed E-state index contributed by atoms with van der Waals surface area (Å²) >= 11 is 0. The van der Waals surface area contributed by atoms with Crippen molar-refractivity contribution >= 4 is 22.8 Å². The Morgan fingerprint density at radius 3 is 2.40 bits per heavy atom. The van der Waals surface area contributed by atoms with E-state index in [1.54, 1.807) is 0 Å². The van der Waals surface area contributed by atoms with Gasteiger partial charge in [0.05, 0.1) is 17.1 Å². The van der Waals surface area contributed by atoms with Crippen molar-refractivity contribution in [3.8, 4) is 6.07 Å². The molecule has 0 bridgehead atoms. The van der Waals surface area contributed by atoms with Crippen molar-refractivity contribution in [3.63, 3.8) is 0 Å². The number of para-hydroxylation sites is 2. The molecule has 1 amide bonds. The fourth-order valence-electron chi connectivity index (χ4n) is 4.84. The molecule has 1 aliphatic rings. The molecule has 6 nitrogen and oxygen atoms in total. The van der Waals surface area contributed by atoms with E-state index in [1.165, 1.54) is 5.56 Å². The van der Waals surface area contributed by atoms with Gasteiger partial charge >= 0.3 is 0 Å². The minimum absolute atomic E-state index is 0.284. The largest absolute Gasteiger partial charge is 0.355 e. The van der Waals surface area contributed by atoms with Crippen LogP contribution in [0.1, 0.15) is 62.6 Å². The van der Waals surface area contributed by atoms with Crippen LogP contribution in [-0.4, -0.2) is 35.5 Å². The lowest BCUT2D eigenvalue weighted by molar-refractivity contribution is -0.121. The maximum absolute atomic E-state index is 13.0. The first-order valence-corrected chi connectivity index (χ1v) is 12.9. The Balaban J connectivity index is 1.52. The number of unbranched alkanes of at least 4 members (excludes halogenated alkanes) is 3. The topological polar surface area (TPSA) is 81.9 Å². The van der Waals surface area contributed by atoms with Gasteiger partial charge < -0.3 is 10.2 Å². The number of anilines is 1. The number of rotatable bonds is 10. The summed E-state index contributed by atoms with van der Waals surface area (Å²) in [7, 11) is 0. The number of nitrogens with zero attached hydrogens (tertiary/aromatic N) is 4. The van der Waals surface area contributed by atoms with E-state index in [0.717, 1.165) is 63.6 Å². The van der Waals surface area contributed by atoms with Crippen LogP contribution in [0.15, 0.2) is 54.6 Å². The average molecular weight is 470 g/mol. The standard InChI is InChI=1S/C29H35N5O/c1-2-3-4-10-17-31-29(35)24(21-30)27-28(33-26-14-9-8-13-25(26)32-27)34-18-15-23(16-19-34)20-22-11-6-5-7-12-22/h5-9,11-14,23-24H,2-4,10,15-20H2,1H3,(H,31,35)/t24-/m0/s1. The smallest absolute Gasteiger partial charge is 0.243 e. The average Bonchev–Trinajstić information content (AvgIpc) is 2.90. The van der Waals surface area contributed by atoms with Gasteiger partial charge in [0.25, 0.3) is 0 Å². The summed E-state index contributed by atoms with van der Waals surface area (Å²) in [6.07, 6.45) is 7.46. The zero-order chi connectivity index (χ0) is 24.5. The molecule has 182 valence electrons. The molecule has 1 saturated heterocycles. The third-order valence-electron chi connectivity index (χ3n) is 6.85. The van der Waals surface area contributed by atoms with Crippen LogP contribution in [0.5, 0.6) is 0 Å². The molecule has 1 aliphatic heterocycles. The molecule has 2 heterocycles. The predicted octanol–water partition coefficient (Wildman–Crippen LogP) is 5.39. The van der Waals surface area contributed by atoms with E-state index < -0.39 is 5.92 Å². The molecule has 2 aromatic carbocycles. The Hall–Kier alpha value is -3.46. The Kier molecular flexibility index (Phi) is 8.67. The van der Waals surface area contributed by atoms with Gasteiger partial charge in [-0.3, -0.25) is 4.79 Å². The highest BCUT2D eigenvalue weighted by atomic mass is 16.1. The van der Waals surface area contributed by atoms with Crippen molar-refractivity contribution in [1.82, 2.24) is 15.3 Å². The van der Waals surface area contributed by atoms with Crippen LogP contribution in [-0.2, 0) is 11.2 Å². The van der Waals surface area contributed by atoms with Crippen LogP contribution in [0.3, 0.4) is 0 Å². The normalized spacial score (nSPS) is 15.0. The van der Waals surface area contributed by atoms with Crippen molar-refractivity contribution in [3.05, 3.63) is 65.9 Å². The van der Waals surface area contributed by atoms with E-state index in [9.17, 15) is 10.1 Å². The quantitative estimate of drug-likeness (QED) is 0.403. The number of aromatic nitrogens is 2. The minimum atomic E-state index is -0.977. The second kappa shape index (κ2) is 12.3.